The number of ether oxygens (including phenoxy) is 1. The van der Waals surface area contributed by atoms with Gasteiger partial charge in [0.1, 0.15) is 17.8 Å². The average Bonchev–Trinajstić information content (AvgIpc) is 3.44. The van der Waals surface area contributed by atoms with Gasteiger partial charge in [-0.2, -0.15) is 0 Å². The smallest absolute Gasteiger partial charge is 0.323 e. The number of aromatic nitrogens is 2. The standard InChI is InChI=1S/C25H30N4O4/c1-17-15-29(25(30)27-24-18(2)19(3)33-28-24)10-9-22(17)12-20-6-4-8-23(13-20)31-11-5-7-21-14-26-32-16-21/h4,6,8,12-14,16-17H,5,7,9-11,15H2,1-3H3,(H,27,28,30). The van der Waals surface area contributed by atoms with E-state index in [0.29, 0.717) is 31.3 Å². The summed E-state index contributed by atoms with van der Waals surface area (Å²) in [6.45, 7) is 7.83. The number of aryl methyl sites for hydroxylation is 2. The first-order chi connectivity index (χ1) is 16.0. The van der Waals surface area contributed by atoms with Crippen molar-refractivity contribution in [3.63, 3.8) is 0 Å². The summed E-state index contributed by atoms with van der Waals surface area (Å²) in [7, 11) is 0. The summed E-state index contributed by atoms with van der Waals surface area (Å²) >= 11 is 0. The third-order valence-corrected chi connectivity index (χ3v) is 6.04. The van der Waals surface area contributed by atoms with Gasteiger partial charge in [-0.15, -0.1) is 0 Å². The van der Waals surface area contributed by atoms with Crippen molar-refractivity contribution < 1.29 is 18.6 Å². The van der Waals surface area contributed by atoms with Crippen LogP contribution in [-0.4, -0.2) is 40.9 Å². The molecule has 8 nitrogen and oxygen atoms in total. The van der Waals surface area contributed by atoms with Crippen molar-refractivity contribution in [2.75, 3.05) is 25.0 Å². The molecule has 0 spiro atoms. The van der Waals surface area contributed by atoms with Crippen LogP contribution < -0.4 is 10.1 Å². The zero-order chi connectivity index (χ0) is 23.2. The van der Waals surface area contributed by atoms with Gasteiger partial charge in [0, 0.05) is 24.2 Å². The molecule has 0 bridgehead atoms. The number of nitrogens with zero attached hydrogens (tertiary/aromatic N) is 3. The van der Waals surface area contributed by atoms with Crippen LogP contribution in [0.15, 0.2) is 51.3 Å². The number of hydrogen-bond acceptors (Lipinski definition) is 6. The molecule has 0 radical (unpaired) electrons. The molecule has 33 heavy (non-hydrogen) atoms. The average molecular weight is 451 g/mol. The Kier molecular flexibility index (Phi) is 7.12. The minimum atomic E-state index is -0.140. The minimum Gasteiger partial charge on any atom is -0.494 e. The van der Waals surface area contributed by atoms with E-state index in [2.05, 4.69) is 40.8 Å². The van der Waals surface area contributed by atoms with Crippen molar-refractivity contribution in [1.29, 1.82) is 0 Å². The van der Waals surface area contributed by atoms with Gasteiger partial charge in [-0.25, -0.2) is 4.79 Å². The Labute approximate surface area is 193 Å². The molecule has 3 aromatic rings. The highest BCUT2D eigenvalue weighted by molar-refractivity contribution is 5.89. The fourth-order valence-corrected chi connectivity index (χ4v) is 3.89. The molecule has 1 fully saturated rings. The van der Waals surface area contributed by atoms with E-state index in [9.17, 15) is 4.79 Å². The molecular weight excluding hydrogens is 420 g/mol. The van der Waals surface area contributed by atoms with Gasteiger partial charge < -0.3 is 18.7 Å². The van der Waals surface area contributed by atoms with Crippen LogP contribution in [0, 0.1) is 19.8 Å². The van der Waals surface area contributed by atoms with E-state index in [1.807, 2.05) is 30.9 Å². The molecule has 4 rings (SSSR count). The lowest BCUT2D eigenvalue weighted by Crippen LogP contribution is -2.42. The number of rotatable bonds is 7. The summed E-state index contributed by atoms with van der Waals surface area (Å²) < 4.78 is 15.9. The van der Waals surface area contributed by atoms with E-state index < -0.39 is 0 Å². The molecule has 1 unspecified atom stereocenters. The quantitative estimate of drug-likeness (QED) is 0.494. The highest BCUT2D eigenvalue weighted by Gasteiger charge is 2.25. The summed E-state index contributed by atoms with van der Waals surface area (Å²) in [6.07, 6.45) is 8.22. The van der Waals surface area contributed by atoms with Gasteiger partial charge in [-0.05, 0) is 56.7 Å². The van der Waals surface area contributed by atoms with E-state index in [4.69, 9.17) is 13.8 Å². The molecular formula is C25H30N4O4. The summed E-state index contributed by atoms with van der Waals surface area (Å²) in [4.78, 5) is 14.5. The van der Waals surface area contributed by atoms with E-state index in [-0.39, 0.29) is 11.9 Å². The molecule has 3 heterocycles. The van der Waals surface area contributed by atoms with Crippen LogP contribution in [0.1, 0.15) is 42.2 Å². The second kappa shape index (κ2) is 10.4. The Hall–Kier alpha value is -3.55. The maximum Gasteiger partial charge on any atom is 0.323 e. The molecule has 1 aromatic carbocycles. The Morgan fingerprint density at radius 1 is 1.36 bits per heavy atom. The van der Waals surface area contributed by atoms with Crippen molar-refractivity contribution in [2.24, 2.45) is 5.92 Å². The maximum atomic E-state index is 12.7. The lowest BCUT2D eigenvalue weighted by molar-refractivity contribution is 0.197. The van der Waals surface area contributed by atoms with Gasteiger partial charge in [-0.3, -0.25) is 5.32 Å². The highest BCUT2D eigenvalue weighted by Crippen LogP contribution is 2.27. The second-order valence-electron chi connectivity index (χ2n) is 8.52. The number of likely N-dealkylation sites (tertiary alicyclic amines) is 1. The lowest BCUT2D eigenvalue weighted by Gasteiger charge is -2.33. The molecule has 2 amide bonds. The van der Waals surface area contributed by atoms with Crippen LogP contribution in [-0.2, 0) is 6.42 Å². The maximum absolute atomic E-state index is 12.7. The monoisotopic (exact) mass is 450 g/mol. The van der Waals surface area contributed by atoms with E-state index >= 15 is 0 Å². The second-order valence-corrected chi connectivity index (χ2v) is 8.52. The third-order valence-electron chi connectivity index (χ3n) is 6.04. The molecule has 174 valence electrons. The van der Waals surface area contributed by atoms with Crippen molar-refractivity contribution in [3.05, 3.63) is 64.7 Å². The summed E-state index contributed by atoms with van der Waals surface area (Å²) in [6, 6.07) is 7.99. The zero-order valence-corrected chi connectivity index (χ0v) is 19.3. The molecule has 2 aromatic heterocycles. The number of anilines is 1. The predicted octanol–water partition coefficient (Wildman–Crippen LogP) is 5.25. The van der Waals surface area contributed by atoms with E-state index in [1.54, 1.807) is 12.5 Å². The number of benzene rings is 1. The molecule has 1 aliphatic rings. The largest absolute Gasteiger partial charge is 0.494 e. The summed E-state index contributed by atoms with van der Waals surface area (Å²) in [5, 5.41) is 10.5. The zero-order valence-electron chi connectivity index (χ0n) is 19.3. The van der Waals surface area contributed by atoms with Crippen LogP contribution in [0.2, 0.25) is 0 Å². The van der Waals surface area contributed by atoms with Gasteiger partial charge in [0.15, 0.2) is 5.82 Å². The van der Waals surface area contributed by atoms with E-state index in [1.165, 1.54) is 5.57 Å². The van der Waals surface area contributed by atoms with Crippen LogP contribution in [0.4, 0.5) is 10.6 Å². The lowest BCUT2D eigenvalue weighted by atomic mass is 9.91. The number of carbonyl (C=O) groups is 1. The SMILES string of the molecule is Cc1onc(NC(=O)N2CCC(=Cc3cccc(OCCCc4cnoc4)c3)C(C)C2)c1C. The van der Waals surface area contributed by atoms with Gasteiger partial charge in [-0.1, -0.05) is 41.0 Å². The van der Waals surface area contributed by atoms with Gasteiger partial charge in [0.25, 0.3) is 0 Å². The first-order valence-electron chi connectivity index (χ1n) is 11.3. The predicted molar refractivity (Wildman–Crippen MR) is 125 cm³/mol. The first-order valence-corrected chi connectivity index (χ1v) is 11.3. The minimum absolute atomic E-state index is 0.140. The number of nitrogens with one attached hydrogen (secondary N) is 1. The number of carbonyl (C=O) groups excluding carboxylic acids is 1. The first kappa shape index (κ1) is 22.6. The Morgan fingerprint density at radius 3 is 2.97 bits per heavy atom. The Balaban J connectivity index is 1.30. The summed E-state index contributed by atoms with van der Waals surface area (Å²) in [5.41, 5.74) is 4.38. The van der Waals surface area contributed by atoms with Crippen LogP contribution in [0.3, 0.4) is 0 Å². The molecule has 1 saturated heterocycles. The molecule has 1 atom stereocenters. The number of piperidine rings is 1. The van der Waals surface area contributed by atoms with Gasteiger partial charge >= 0.3 is 6.03 Å². The third kappa shape index (κ3) is 5.83. The number of urea groups is 1. The fraction of sp³-hybridized carbons (Fsp3) is 0.400. The van der Waals surface area contributed by atoms with Crippen molar-refractivity contribution in [3.8, 4) is 5.75 Å². The van der Waals surface area contributed by atoms with Crippen molar-refractivity contribution in [2.45, 2.75) is 40.0 Å². The van der Waals surface area contributed by atoms with Gasteiger partial charge in [0.2, 0.25) is 0 Å². The Bertz CT molecular complexity index is 1100. The normalized spacial score (nSPS) is 17.4. The van der Waals surface area contributed by atoms with E-state index in [0.717, 1.165) is 41.7 Å². The van der Waals surface area contributed by atoms with Crippen molar-refractivity contribution in [1.82, 2.24) is 15.2 Å². The topological polar surface area (TPSA) is 93.6 Å². The van der Waals surface area contributed by atoms with Crippen molar-refractivity contribution >= 4 is 17.9 Å². The number of hydrogen-bond donors (Lipinski definition) is 1. The molecule has 8 heteroatoms. The van der Waals surface area contributed by atoms with Gasteiger partial charge in [0.05, 0.1) is 12.8 Å². The fourth-order valence-electron chi connectivity index (χ4n) is 3.89. The number of amides is 2. The van der Waals surface area contributed by atoms with Crippen LogP contribution in [0.5, 0.6) is 5.75 Å². The highest BCUT2D eigenvalue weighted by atomic mass is 16.5. The van der Waals surface area contributed by atoms with Crippen LogP contribution >= 0.6 is 0 Å². The summed E-state index contributed by atoms with van der Waals surface area (Å²) in [5.74, 6) is 2.32. The van der Waals surface area contributed by atoms with Crippen LogP contribution in [0.25, 0.3) is 6.08 Å². The molecule has 0 saturated carbocycles. The Morgan fingerprint density at radius 2 is 2.24 bits per heavy atom. The molecule has 1 aliphatic heterocycles. The molecule has 0 aliphatic carbocycles. The molecule has 1 N–H and O–H groups in total.